The number of hydrogen-bond acceptors (Lipinski definition) is 2. The van der Waals surface area contributed by atoms with Gasteiger partial charge < -0.3 is 17.3 Å². The van der Waals surface area contributed by atoms with Crippen LogP contribution in [0.1, 0.15) is 35.8 Å². The van der Waals surface area contributed by atoms with Crippen LogP contribution in [0.4, 0.5) is 0 Å². The third kappa shape index (κ3) is 4.06. The number of nitrogens with one attached hydrogen (secondary N) is 1. The van der Waals surface area contributed by atoms with Gasteiger partial charge in [0.1, 0.15) is 12.2 Å². The van der Waals surface area contributed by atoms with E-state index in [4.69, 9.17) is 11.6 Å². The zero-order valence-corrected chi connectivity index (χ0v) is 16.0. The van der Waals surface area contributed by atoms with Gasteiger partial charge in [-0.25, -0.2) is 4.90 Å². The number of nitrogens with zero attached hydrogens (tertiary/aromatic N) is 1. The van der Waals surface area contributed by atoms with Gasteiger partial charge in [0.15, 0.2) is 11.3 Å². The van der Waals surface area contributed by atoms with Crippen molar-refractivity contribution in [3.63, 3.8) is 0 Å². The topological polar surface area (TPSA) is 24.8 Å². The summed E-state index contributed by atoms with van der Waals surface area (Å²) in [6.07, 6.45) is 0.204. The third-order valence-corrected chi connectivity index (χ3v) is 5.39. The van der Waals surface area contributed by atoms with Crippen molar-refractivity contribution in [1.82, 2.24) is 4.90 Å². The highest BCUT2D eigenvalue weighted by Crippen LogP contribution is 2.28. The number of likely N-dealkylation sites (N-methyl/N-ethyl adjacent to an activating group) is 1. The smallest absolute Gasteiger partial charge is 0.184 e. The molecule has 0 aliphatic carbocycles. The van der Waals surface area contributed by atoms with Gasteiger partial charge in [0, 0.05) is 12.5 Å². The van der Waals surface area contributed by atoms with E-state index in [9.17, 15) is 4.79 Å². The van der Waals surface area contributed by atoms with E-state index in [0.717, 1.165) is 17.7 Å². The largest absolute Gasteiger partial charge is 1.00 e. The number of carbonyl (C=O) groups excluding carboxylic acids is 1. The molecule has 0 amide bonds. The average molecular weight is 379 g/mol. The summed E-state index contributed by atoms with van der Waals surface area (Å²) < 4.78 is 0. The van der Waals surface area contributed by atoms with E-state index in [1.54, 1.807) is 0 Å². The second-order valence-electron chi connectivity index (χ2n) is 6.31. The fourth-order valence-electron chi connectivity index (χ4n) is 3.67. The van der Waals surface area contributed by atoms with Crippen molar-refractivity contribution in [3.05, 3.63) is 71.8 Å². The third-order valence-electron chi connectivity index (χ3n) is 4.97. The molecule has 0 radical (unpaired) electrons. The second kappa shape index (κ2) is 8.81. The first kappa shape index (κ1) is 19.9. The van der Waals surface area contributed by atoms with E-state index in [2.05, 4.69) is 18.7 Å². The van der Waals surface area contributed by atoms with Crippen LogP contribution in [0.15, 0.2) is 60.7 Å². The number of carbonyl (C=O) groups is 1. The number of quaternary nitrogens is 1. The monoisotopic (exact) mass is 378 g/mol. The molecule has 1 aliphatic rings. The van der Waals surface area contributed by atoms with Crippen LogP contribution in [0.5, 0.6) is 0 Å². The van der Waals surface area contributed by atoms with Crippen LogP contribution in [0, 0.1) is 0 Å². The van der Waals surface area contributed by atoms with Gasteiger partial charge in [-0.15, -0.1) is 0 Å². The molecule has 1 heterocycles. The molecular formula is C20H24Cl2N2O. The van der Waals surface area contributed by atoms with Crippen molar-refractivity contribution in [1.29, 1.82) is 0 Å². The van der Waals surface area contributed by atoms with Gasteiger partial charge in [0.05, 0.1) is 13.1 Å². The Morgan fingerprint density at radius 1 is 1.16 bits per heavy atom. The molecule has 5 heteroatoms. The SMILES string of the molecule is CC[NH+]1C(Cl)CN(C(C(=O)c2ccccc2)c2ccccc2)C1C.[Cl-]. The van der Waals surface area contributed by atoms with E-state index < -0.39 is 0 Å². The molecule has 2 aromatic carbocycles. The number of ketones is 1. The predicted molar refractivity (Wildman–Crippen MR) is 97.3 cm³/mol. The summed E-state index contributed by atoms with van der Waals surface area (Å²) >= 11 is 6.56. The zero-order chi connectivity index (χ0) is 17.1. The molecule has 0 spiro atoms. The Morgan fingerprint density at radius 3 is 2.24 bits per heavy atom. The lowest BCUT2D eigenvalue weighted by atomic mass is 9.96. The van der Waals surface area contributed by atoms with Gasteiger partial charge in [-0.3, -0.25) is 4.79 Å². The van der Waals surface area contributed by atoms with Crippen LogP contribution in [-0.4, -0.2) is 35.4 Å². The standard InChI is InChI=1S/C20H23ClN2O.ClH/c1-3-22-15(2)23(14-18(22)21)19(16-10-6-4-7-11-16)20(24)17-12-8-5-9-13-17;/h4-13,15,18-19H,3,14H2,1-2H3;1H. The van der Waals surface area contributed by atoms with Gasteiger partial charge in [-0.1, -0.05) is 72.3 Å². The van der Waals surface area contributed by atoms with E-state index in [0.29, 0.717) is 6.54 Å². The van der Waals surface area contributed by atoms with Crippen LogP contribution in [0.25, 0.3) is 0 Å². The summed E-state index contributed by atoms with van der Waals surface area (Å²) in [6.45, 7) is 5.97. The summed E-state index contributed by atoms with van der Waals surface area (Å²) in [6, 6.07) is 19.3. The van der Waals surface area contributed by atoms with Gasteiger partial charge in [0.2, 0.25) is 0 Å². The lowest BCUT2D eigenvalue weighted by molar-refractivity contribution is -0.925. The lowest BCUT2D eigenvalue weighted by Gasteiger charge is -2.30. The summed E-state index contributed by atoms with van der Waals surface area (Å²) in [4.78, 5) is 16.9. The minimum absolute atomic E-state index is 0. The maximum absolute atomic E-state index is 13.3. The fraction of sp³-hybridized carbons (Fsp3) is 0.350. The molecule has 1 aliphatic heterocycles. The van der Waals surface area contributed by atoms with Crippen molar-refractivity contribution in [2.24, 2.45) is 0 Å². The van der Waals surface area contributed by atoms with Gasteiger partial charge in [-0.2, -0.15) is 0 Å². The molecule has 3 nitrogen and oxygen atoms in total. The molecule has 4 unspecified atom stereocenters. The van der Waals surface area contributed by atoms with Crippen molar-refractivity contribution < 1.29 is 22.1 Å². The van der Waals surface area contributed by atoms with Crippen molar-refractivity contribution >= 4 is 17.4 Å². The highest BCUT2D eigenvalue weighted by atomic mass is 35.5. The molecule has 25 heavy (non-hydrogen) atoms. The van der Waals surface area contributed by atoms with E-state index in [1.165, 1.54) is 4.90 Å². The normalized spacial score (nSPS) is 24.5. The Kier molecular flexibility index (Phi) is 7.03. The fourth-order valence-corrected chi connectivity index (χ4v) is 4.17. The molecule has 3 rings (SSSR count). The van der Waals surface area contributed by atoms with E-state index >= 15 is 0 Å². The molecule has 0 bridgehead atoms. The molecule has 2 aromatic rings. The first-order valence-corrected chi connectivity index (χ1v) is 8.96. The highest BCUT2D eigenvalue weighted by molar-refractivity contribution is 6.19. The lowest BCUT2D eigenvalue weighted by Crippen LogP contribution is -3.16. The van der Waals surface area contributed by atoms with Crippen LogP contribution in [0.2, 0.25) is 0 Å². The number of alkyl halides is 1. The molecular weight excluding hydrogens is 355 g/mol. The Hall–Kier alpha value is -1.39. The van der Waals surface area contributed by atoms with Crippen molar-refractivity contribution in [2.45, 2.75) is 31.6 Å². The Balaban J connectivity index is 0.00000225. The Morgan fingerprint density at radius 2 is 1.72 bits per heavy atom. The number of rotatable bonds is 5. The minimum Gasteiger partial charge on any atom is -1.00 e. The molecule has 0 saturated carbocycles. The molecule has 134 valence electrons. The van der Waals surface area contributed by atoms with Gasteiger partial charge >= 0.3 is 0 Å². The zero-order valence-electron chi connectivity index (χ0n) is 14.5. The van der Waals surface area contributed by atoms with Gasteiger partial charge in [0.25, 0.3) is 0 Å². The number of benzene rings is 2. The predicted octanol–water partition coefficient (Wildman–Crippen LogP) is -0.254. The van der Waals surface area contributed by atoms with Crippen LogP contribution < -0.4 is 17.3 Å². The summed E-state index contributed by atoms with van der Waals surface area (Å²) in [5.41, 5.74) is 1.79. The molecule has 1 fully saturated rings. The Bertz CT molecular complexity index is 681. The first-order valence-electron chi connectivity index (χ1n) is 8.53. The summed E-state index contributed by atoms with van der Waals surface area (Å²) in [5.74, 6) is 0.134. The summed E-state index contributed by atoms with van der Waals surface area (Å²) in [7, 11) is 0. The molecule has 0 aromatic heterocycles. The van der Waals surface area contributed by atoms with E-state index in [1.807, 2.05) is 60.7 Å². The average Bonchev–Trinajstić information content (AvgIpc) is 2.90. The maximum atomic E-state index is 13.3. The van der Waals surface area contributed by atoms with E-state index in [-0.39, 0.29) is 35.9 Å². The van der Waals surface area contributed by atoms with Crippen molar-refractivity contribution in [2.75, 3.05) is 13.1 Å². The first-order chi connectivity index (χ1) is 11.6. The number of halogens is 2. The minimum atomic E-state index is -0.297. The van der Waals surface area contributed by atoms with Crippen LogP contribution in [0.3, 0.4) is 0 Å². The maximum Gasteiger partial charge on any atom is 0.184 e. The molecule has 1 saturated heterocycles. The Labute approximate surface area is 161 Å². The van der Waals surface area contributed by atoms with Gasteiger partial charge in [-0.05, 0) is 12.5 Å². The van der Waals surface area contributed by atoms with Crippen LogP contribution >= 0.6 is 11.6 Å². The molecule has 4 atom stereocenters. The molecule has 1 N–H and O–H groups in total. The number of hydrogen-bond donors (Lipinski definition) is 1. The van der Waals surface area contributed by atoms with Crippen molar-refractivity contribution in [3.8, 4) is 0 Å². The van der Waals surface area contributed by atoms with Crippen LogP contribution in [-0.2, 0) is 0 Å². The summed E-state index contributed by atoms with van der Waals surface area (Å²) in [5, 5.41) is 0. The quantitative estimate of drug-likeness (QED) is 0.440. The highest BCUT2D eigenvalue weighted by Gasteiger charge is 2.44. The second-order valence-corrected chi connectivity index (χ2v) is 6.84. The number of Topliss-reactive ketones (excluding diaryl/α,β-unsaturated/α-hetero) is 1.